The highest BCUT2D eigenvalue weighted by Gasteiger charge is 2.23. The topological polar surface area (TPSA) is 75.1 Å². The molecule has 4 unspecified atom stereocenters. The first kappa shape index (κ1) is 19.9. The van der Waals surface area contributed by atoms with E-state index in [1.807, 2.05) is 0 Å². The van der Waals surface area contributed by atoms with E-state index < -0.39 is 0 Å². The van der Waals surface area contributed by atoms with Crippen LogP contribution in [0.15, 0.2) is 35.3 Å². The number of amidine groups is 1. The number of thioether (sulfide) groups is 1. The summed E-state index contributed by atoms with van der Waals surface area (Å²) in [5.41, 5.74) is 9.26. The van der Waals surface area contributed by atoms with E-state index in [0.29, 0.717) is 23.0 Å². The van der Waals surface area contributed by atoms with Crippen LogP contribution in [0.1, 0.15) is 63.8 Å². The van der Waals surface area contributed by atoms with Crippen LogP contribution in [-0.4, -0.2) is 27.7 Å². The lowest BCUT2D eigenvalue weighted by atomic mass is 9.90. The number of pyridine rings is 1. The number of nitrogens with one attached hydrogen (secondary N) is 1. The van der Waals surface area contributed by atoms with E-state index in [4.69, 9.17) is 16.1 Å². The Labute approximate surface area is 166 Å². The molecule has 4 atom stereocenters. The van der Waals surface area contributed by atoms with Crippen LogP contribution in [0.25, 0.3) is 10.8 Å². The maximum absolute atomic E-state index is 7.52. The van der Waals surface area contributed by atoms with E-state index in [-0.39, 0.29) is 5.17 Å². The predicted molar refractivity (Wildman–Crippen MR) is 118 cm³/mol. The molecule has 0 amide bonds. The minimum atomic E-state index is 0.187. The largest absolute Gasteiger partial charge is 0.379 e. The third kappa shape index (κ3) is 5.10. The number of hydrogen-bond donors (Lipinski definition) is 2. The molecule has 0 saturated heterocycles. The van der Waals surface area contributed by atoms with Gasteiger partial charge in [-0.25, -0.2) is 0 Å². The molecule has 4 nitrogen and oxygen atoms in total. The highest BCUT2D eigenvalue weighted by atomic mass is 32.2. The van der Waals surface area contributed by atoms with Crippen LogP contribution in [0.4, 0.5) is 0 Å². The lowest BCUT2D eigenvalue weighted by Gasteiger charge is -2.21. The van der Waals surface area contributed by atoms with Gasteiger partial charge in [0.1, 0.15) is 0 Å². The molecule has 0 radical (unpaired) electrons. The summed E-state index contributed by atoms with van der Waals surface area (Å²) in [6.07, 6.45) is 2.04. The minimum Gasteiger partial charge on any atom is -0.379 e. The van der Waals surface area contributed by atoms with Gasteiger partial charge in [-0.3, -0.25) is 15.4 Å². The van der Waals surface area contributed by atoms with Crippen molar-refractivity contribution in [2.45, 2.75) is 57.6 Å². The fourth-order valence-electron chi connectivity index (χ4n) is 3.89. The Bertz CT molecular complexity index is 861. The first-order valence-corrected chi connectivity index (χ1v) is 10.7. The van der Waals surface area contributed by atoms with Gasteiger partial charge in [0.25, 0.3) is 0 Å². The van der Waals surface area contributed by atoms with Gasteiger partial charge in [0.2, 0.25) is 0 Å². The van der Waals surface area contributed by atoms with Gasteiger partial charge in [-0.05, 0) is 36.1 Å². The normalized spacial score (nSPS) is 17.9. The number of hydrogen-bond acceptors (Lipinski definition) is 4. The zero-order valence-electron chi connectivity index (χ0n) is 16.7. The molecular formula is C22H30N4S. The molecule has 2 heterocycles. The van der Waals surface area contributed by atoms with Crippen LogP contribution in [-0.2, 0) is 0 Å². The van der Waals surface area contributed by atoms with Gasteiger partial charge in [0.05, 0.1) is 12.2 Å². The monoisotopic (exact) mass is 382 g/mol. The Kier molecular flexibility index (Phi) is 6.20. The first-order valence-electron chi connectivity index (χ1n) is 9.78. The van der Waals surface area contributed by atoms with E-state index in [2.05, 4.69) is 63.0 Å². The zero-order chi connectivity index (χ0) is 19.6. The molecule has 2 aromatic rings. The molecule has 0 saturated carbocycles. The fraction of sp³-hybridized carbons (Fsp3) is 0.500. The molecule has 1 aromatic carbocycles. The van der Waals surface area contributed by atoms with Crippen LogP contribution in [0.2, 0.25) is 0 Å². The Morgan fingerprint density at radius 1 is 1.11 bits per heavy atom. The number of aliphatic imine (C=N–C) groups is 1. The van der Waals surface area contributed by atoms with E-state index in [1.54, 1.807) is 0 Å². The highest BCUT2D eigenvalue weighted by Crippen LogP contribution is 2.33. The molecule has 0 aliphatic carbocycles. The predicted octanol–water partition coefficient (Wildman–Crippen LogP) is 5.33. The van der Waals surface area contributed by atoms with Crippen LogP contribution < -0.4 is 5.73 Å². The van der Waals surface area contributed by atoms with Crippen LogP contribution in [0.3, 0.4) is 0 Å². The molecular weight excluding hydrogens is 352 g/mol. The molecule has 1 aliphatic heterocycles. The number of benzene rings is 1. The average molecular weight is 383 g/mol. The molecule has 0 bridgehead atoms. The van der Waals surface area contributed by atoms with Gasteiger partial charge >= 0.3 is 0 Å². The maximum Gasteiger partial charge on any atom is 0.151 e. The van der Waals surface area contributed by atoms with E-state index in [0.717, 1.165) is 19.4 Å². The Balaban J connectivity index is 1.88. The number of aromatic nitrogens is 1. The molecule has 3 N–H and O–H groups in total. The Morgan fingerprint density at radius 3 is 2.48 bits per heavy atom. The van der Waals surface area contributed by atoms with Gasteiger partial charge in [-0.15, -0.1) is 0 Å². The number of nitrogens with zero attached hydrogens (tertiary/aromatic N) is 2. The molecule has 0 fully saturated rings. The maximum atomic E-state index is 7.52. The van der Waals surface area contributed by atoms with Crippen molar-refractivity contribution < 1.29 is 0 Å². The number of nitrogens with two attached hydrogens (primary N) is 1. The van der Waals surface area contributed by atoms with Crippen LogP contribution in [0, 0.1) is 11.3 Å². The van der Waals surface area contributed by atoms with Gasteiger partial charge in [-0.2, -0.15) is 0 Å². The van der Waals surface area contributed by atoms with Crippen molar-refractivity contribution in [3.63, 3.8) is 0 Å². The lowest BCUT2D eigenvalue weighted by molar-refractivity contribution is 0.578. The minimum absolute atomic E-state index is 0.187. The first-order chi connectivity index (χ1) is 12.8. The summed E-state index contributed by atoms with van der Waals surface area (Å²) in [4.78, 5) is 9.50. The molecule has 1 aliphatic rings. The summed E-state index contributed by atoms with van der Waals surface area (Å²) in [6, 6.07) is 10.8. The number of fused-ring (bicyclic) bond motifs is 1. The Morgan fingerprint density at radius 2 is 1.81 bits per heavy atom. The SMILES string of the molecule is CC(CC(C)c1nc(C(C)CC(C)C2=NC2)cc2ccccc12)SC(=N)N. The second kappa shape index (κ2) is 8.42. The average Bonchev–Trinajstić information content (AvgIpc) is 3.44. The Hall–Kier alpha value is -1.88. The van der Waals surface area contributed by atoms with Crippen LogP contribution >= 0.6 is 11.8 Å². The molecule has 27 heavy (non-hydrogen) atoms. The molecule has 0 spiro atoms. The summed E-state index contributed by atoms with van der Waals surface area (Å²) in [6.45, 7) is 9.87. The quantitative estimate of drug-likeness (QED) is 0.479. The lowest BCUT2D eigenvalue weighted by Crippen LogP contribution is -2.14. The molecule has 1 aromatic heterocycles. The summed E-state index contributed by atoms with van der Waals surface area (Å²) in [5, 5.41) is 10.5. The van der Waals surface area contributed by atoms with Gasteiger partial charge in [-0.1, -0.05) is 63.7 Å². The smallest absolute Gasteiger partial charge is 0.151 e. The molecule has 144 valence electrons. The van der Waals surface area contributed by atoms with Gasteiger partial charge in [0.15, 0.2) is 5.17 Å². The van der Waals surface area contributed by atoms with Crippen LogP contribution in [0.5, 0.6) is 0 Å². The summed E-state index contributed by atoms with van der Waals surface area (Å²) in [7, 11) is 0. The van der Waals surface area contributed by atoms with Crippen molar-refractivity contribution in [1.29, 1.82) is 5.41 Å². The van der Waals surface area contributed by atoms with Crippen molar-refractivity contribution in [3.05, 3.63) is 41.7 Å². The zero-order valence-corrected chi connectivity index (χ0v) is 17.5. The van der Waals surface area contributed by atoms with Gasteiger partial charge in [0, 0.05) is 28.0 Å². The summed E-state index contributed by atoms with van der Waals surface area (Å²) in [5.74, 6) is 1.26. The second-order valence-electron chi connectivity index (χ2n) is 7.93. The van der Waals surface area contributed by atoms with Gasteiger partial charge < -0.3 is 5.73 Å². The van der Waals surface area contributed by atoms with E-state index >= 15 is 0 Å². The van der Waals surface area contributed by atoms with Crippen molar-refractivity contribution in [2.24, 2.45) is 16.6 Å². The molecule has 5 heteroatoms. The van der Waals surface area contributed by atoms with Crippen molar-refractivity contribution in [1.82, 2.24) is 4.98 Å². The standard InChI is InChI=1S/C22H30N4S/c1-13(9-14(2)20-12-25-20)19-11-17-7-5-6-8-18(17)21(26-19)15(3)10-16(4)27-22(23)24/h5-8,11,13-16H,9-10,12H2,1-4H3,(H3,23,24). The van der Waals surface area contributed by atoms with Crippen molar-refractivity contribution >= 4 is 33.4 Å². The highest BCUT2D eigenvalue weighted by molar-refractivity contribution is 8.14. The fourth-order valence-corrected chi connectivity index (χ4v) is 4.71. The third-order valence-corrected chi connectivity index (χ3v) is 6.24. The molecule has 3 rings (SSSR count). The second-order valence-corrected chi connectivity index (χ2v) is 9.41. The number of rotatable bonds is 8. The summed E-state index contributed by atoms with van der Waals surface area (Å²) < 4.78 is 0. The van der Waals surface area contributed by atoms with Crippen molar-refractivity contribution in [3.8, 4) is 0 Å². The van der Waals surface area contributed by atoms with E-state index in [9.17, 15) is 0 Å². The van der Waals surface area contributed by atoms with Crippen molar-refractivity contribution in [2.75, 3.05) is 6.54 Å². The van der Waals surface area contributed by atoms with E-state index in [1.165, 1.54) is 39.6 Å². The third-order valence-electron chi connectivity index (χ3n) is 5.39. The summed E-state index contributed by atoms with van der Waals surface area (Å²) >= 11 is 1.43.